The lowest BCUT2D eigenvalue weighted by Gasteiger charge is -2.42. The van der Waals surface area contributed by atoms with Crippen LogP contribution in [0.4, 0.5) is 16.2 Å². The molecule has 1 aliphatic heterocycles. The third-order valence-electron chi connectivity index (χ3n) is 8.05. The molecule has 10 heteroatoms. The maximum Gasteiger partial charge on any atom is 0.323 e. The van der Waals surface area contributed by atoms with Crippen molar-refractivity contribution in [3.8, 4) is 0 Å². The van der Waals surface area contributed by atoms with Crippen LogP contribution in [0.25, 0.3) is 11.0 Å². The van der Waals surface area contributed by atoms with E-state index in [9.17, 15) is 25.2 Å². The number of urea groups is 1. The third kappa shape index (κ3) is 4.67. The molecule has 38 heavy (non-hydrogen) atoms. The molecule has 5 rings (SSSR count). The number of carbonyl (C=O) groups excluding carboxylic acids is 1. The van der Waals surface area contributed by atoms with Crippen molar-refractivity contribution in [2.45, 2.75) is 81.9 Å². The molecule has 1 aromatic heterocycles. The number of hydrogen-bond acceptors (Lipinski definition) is 7. The van der Waals surface area contributed by atoms with Gasteiger partial charge in [-0.2, -0.15) is 0 Å². The number of nitrogens with zero attached hydrogens (tertiary/aromatic N) is 1. The zero-order chi connectivity index (χ0) is 27.4. The highest BCUT2D eigenvalue weighted by Gasteiger charge is 2.45. The lowest BCUT2D eigenvalue weighted by Crippen LogP contribution is -2.55. The molecule has 1 aliphatic carbocycles. The van der Waals surface area contributed by atoms with Crippen LogP contribution in [0.2, 0.25) is 0 Å². The number of aliphatic hydroxyl groups is 4. The van der Waals surface area contributed by atoms with E-state index in [1.54, 1.807) is 18.2 Å². The summed E-state index contributed by atoms with van der Waals surface area (Å²) in [7, 11) is 0. The van der Waals surface area contributed by atoms with Gasteiger partial charge in [0, 0.05) is 5.69 Å². The lowest BCUT2D eigenvalue weighted by atomic mass is 9.63. The van der Waals surface area contributed by atoms with Crippen LogP contribution < -0.4 is 10.6 Å². The number of H-pyrrole nitrogens is 1. The second kappa shape index (κ2) is 9.62. The van der Waals surface area contributed by atoms with Gasteiger partial charge in [-0.05, 0) is 59.1 Å². The molecule has 2 aliphatic rings. The Morgan fingerprint density at radius 2 is 1.71 bits per heavy atom. The summed E-state index contributed by atoms with van der Waals surface area (Å²) < 4.78 is 5.62. The molecule has 0 bridgehead atoms. The number of benzene rings is 2. The third-order valence-corrected chi connectivity index (χ3v) is 8.05. The molecule has 1 fully saturated rings. The Morgan fingerprint density at radius 3 is 2.42 bits per heavy atom. The molecule has 0 saturated carbocycles. The molecular formula is C28H36N4O6. The van der Waals surface area contributed by atoms with E-state index < -0.39 is 43.2 Å². The van der Waals surface area contributed by atoms with E-state index in [4.69, 9.17) is 4.74 Å². The Kier molecular flexibility index (Phi) is 6.73. The minimum Gasteiger partial charge on any atom is -0.394 e. The first-order valence-corrected chi connectivity index (χ1v) is 12.9. The number of nitrogens with one attached hydrogen (secondary N) is 3. The zero-order valence-electron chi connectivity index (χ0n) is 22.0. The number of fused-ring (bicyclic) bond motifs is 2. The first-order chi connectivity index (χ1) is 17.9. The molecular weight excluding hydrogens is 488 g/mol. The van der Waals surface area contributed by atoms with E-state index in [-0.39, 0.29) is 16.7 Å². The van der Waals surface area contributed by atoms with Crippen molar-refractivity contribution in [3.05, 3.63) is 53.3 Å². The summed E-state index contributed by atoms with van der Waals surface area (Å²) in [4.78, 5) is 20.5. The van der Waals surface area contributed by atoms with Gasteiger partial charge in [-0.15, -0.1) is 0 Å². The quantitative estimate of drug-likeness (QED) is 0.276. The van der Waals surface area contributed by atoms with Crippen molar-refractivity contribution in [2.75, 3.05) is 17.2 Å². The number of carbonyl (C=O) groups is 1. The van der Waals surface area contributed by atoms with Crippen LogP contribution in [0, 0.1) is 0 Å². The van der Waals surface area contributed by atoms with Gasteiger partial charge in [-0.3, -0.25) is 0 Å². The average molecular weight is 525 g/mol. The Bertz CT molecular complexity index is 1350. The van der Waals surface area contributed by atoms with E-state index in [0.29, 0.717) is 22.4 Å². The van der Waals surface area contributed by atoms with Crippen LogP contribution in [-0.2, 0) is 15.6 Å². The number of para-hydroxylation sites is 1. The monoisotopic (exact) mass is 524 g/mol. The maximum absolute atomic E-state index is 13.0. The smallest absolute Gasteiger partial charge is 0.323 e. The van der Waals surface area contributed by atoms with Gasteiger partial charge in [-0.25, -0.2) is 9.78 Å². The summed E-state index contributed by atoms with van der Waals surface area (Å²) in [6.45, 7) is 8.44. The van der Waals surface area contributed by atoms with Crippen molar-refractivity contribution in [1.29, 1.82) is 0 Å². The SMILES string of the molecule is CC1(C)CCC(C)(C)c2cc(NC(=O)Nc3cccc4[nH]c([C@@H]5O[C@H](CO)[C@@H](O)[C@H](O)[C@H]5O)nc34)ccc21. The van der Waals surface area contributed by atoms with E-state index >= 15 is 0 Å². The van der Waals surface area contributed by atoms with Gasteiger partial charge in [0.05, 0.1) is 17.8 Å². The summed E-state index contributed by atoms with van der Waals surface area (Å²) in [5, 5.41) is 46.0. The number of hydrogen-bond donors (Lipinski definition) is 7. The normalized spacial score (nSPS) is 28.1. The van der Waals surface area contributed by atoms with E-state index in [2.05, 4.69) is 60.4 Å². The second-order valence-electron chi connectivity index (χ2n) is 11.7. The van der Waals surface area contributed by atoms with Crippen molar-refractivity contribution in [2.24, 2.45) is 0 Å². The van der Waals surface area contributed by atoms with Gasteiger partial charge >= 0.3 is 6.03 Å². The summed E-state index contributed by atoms with van der Waals surface area (Å²) in [6.07, 6.45) is -4.43. The molecule has 10 nitrogen and oxygen atoms in total. The molecule has 2 amide bonds. The Hall–Kier alpha value is -3.02. The van der Waals surface area contributed by atoms with Gasteiger partial charge in [0.25, 0.3) is 0 Å². The summed E-state index contributed by atoms with van der Waals surface area (Å²) in [5.41, 5.74) is 4.79. The molecule has 2 aromatic carbocycles. The lowest BCUT2D eigenvalue weighted by molar-refractivity contribution is -0.233. The number of imidazole rings is 1. The predicted octanol–water partition coefficient (Wildman–Crippen LogP) is 3.07. The number of ether oxygens (including phenoxy) is 1. The first kappa shape index (κ1) is 26.6. The predicted molar refractivity (Wildman–Crippen MR) is 143 cm³/mol. The number of aliphatic hydroxyl groups excluding tert-OH is 4. The highest BCUT2D eigenvalue weighted by molar-refractivity contribution is 6.04. The first-order valence-electron chi connectivity index (χ1n) is 12.9. The molecule has 2 heterocycles. The van der Waals surface area contributed by atoms with Crippen LogP contribution in [0.5, 0.6) is 0 Å². The highest BCUT2D eigenvalue weighted by Crippen LogP contribution is 2.46. The number of aromatic nitrogens is 2. The molecule has 1 saturated heterocycles. The van der Waals surface area contributed by atoms with Gasteiger partial charge in [-0.1, -0.05) is 39.8 Å². The summed E-state index contributed by atoms with van der Waals surface area (Å²) in [6, 6.07) is 10.9. The Morgan fingerprint density at radius 1 is 1.00 bits per heavy atom. The Labute approximate surface area is 221 Å². The molecule has 0 unspecified atom stereocenters. The van der Waals surface area contributed by atoms with Crippen molar-refractivity contribution < 1.29 is 30.0 Å². The van der Waals surface area contributed by atoms with Crippen LogP contribution in [0.15, 0.2) is 36.4 Å². The molecule has 0 radical (unpaired) electrons. The maximum atomic E-state index is 13.0. The highest BCUT2D eigenvalue weighted by atomic mass is 16.5. The van der Waals surface area contributed by atoms with Crippen LogP contribution >= 0.6 is 0 Å². The number of anilines is 2. The van der Waals surface area contributed by atoms with Gasteiger partial charge in [0.15, 0.2) is 0 Å². The van der Waals surface area contributed by atoms with Gasteiger partial charge < -0.3 is 40.8 Å². The fourth-order valence-electron chi connectivity index (χ4n) is 5.57. The van der Waals surface area contributed by atoms with Gasteiger partial charge in [0.2, 0.25) is 0 Å². The van der Waals surface area contributed by atoms with E-state index in [0.717, 1.165) is 12.8 Å². The molecule has 3 aromatic rings. The summed E-state index contributed by atoms with van der Waals surface area (Å²) in [5.74, 6) is 0.200. The van der Waals surface area contributed by atoms with Crippen molar-refractivity contribution in [1.82, 2.24) is 9.97 Å². The standard InChI is InChI=1S/C28H36N4O6/c1-27(2)10-11-28(3,4)16-12-14(8-9-15(16)27)29-26(37)31-18-7-5-6-17-20(18)32-25(30-17)24-23(36)22(35)21(34)19(13-33)38-24/h5-9,12,19,21-24,33-36H,10-11,13H2,1-4H3,(H,30,32)(H2,29,31,37)/t19-,21-,22+,23-,24-/m1/s1. The second-order valence-corrected chi connectivity index (χ2v) is 11.7. The van der Waals surface area contributed by atoms with Crippen molar-refractivity contribution >= 4 is 28.4 Å². The molecule has 204 valence electrons. The van der Waals surface area contributed by atoms with Crippen LogP contribution in [-0.4, -0.2) is 67.4 Å². The van der Waals surface area contributed by atoms with Crippen molar-refractivity contribution in [3.63, 3.8) is 0 Å². The average Bonchev–Trinajstić information content (AvgIpc) is 3.31. The molecule has 7 N–H and O–H groups in total. The largest absolute Gasteiger partial charge is 0.394 e. The van der Waals surface area contributed by atoms with Crippen LogP contribution in [0.1, 0.15) is 63.6 Å². The minimum absolute atomic E-state index is 0.0144. The molecule has 0 spiro atoms. The number of amides is 2. The zero-order valence-corrected chi connectivity index (χ0v) is 22.0. The summed E-state index contributed by atoms with van der Waals surface area (Å²) >= 11 is 0. The number of aromatic amines is 1. The number of rotatable bonds is 4. The topological polar surface area (TPSA) is 160 Å². The minimum atomic E-state index is -1.52. The van der Waals surface area contributed by atoms with Crippen LogP contribution in [0.3, 0.4) is 0 Å². The van der Waals surface area contributed by atoms with E-state index in [1.807, 2.05) is 6.07 Å². The fraction of sp³-hybridized carbons (Fsp3) is 0.500. The van der Waals surface area contributed by atoms with E-state index in [1.165, 1.54) is 11.1 Å². The Balaban J connectivity index is 1.37. The molecule has 5 atom stereocenters. The van der Waals surface area contributed by atoms with Gasteiger partial charge in [0.1, 0.15) is 41.9 Å². The fourth-order valence-corrected chi connectivity index (χ4v) is 5.57.